The van der Waals surface area contributed by atoms with E-state index in [-0.39, 0.29) is 16.6 Å². The van der Waals surface area contributed by atoms with E-state index < -0.39 is 30.4 Å². The van der Waals surface area contributed by atoms with Gasteiger partial charge in [0, 0.05) is 0 Å². The predicted octanol–water partition coefficient (Wildman–Crippen LogP) is 1.79. The Bertz CT molecular complexity index is 425. The molecule has 0 amide bonds. The molecule has 2 N–H and O–H groups in total. The number of carbonyl (C=O) groups is 1. The Hall–Kier alpha value is -0.980. The fourth-order valence-corrected chi connectivity index (χ4v) is 1.73. The summed E-state index contributed by atoms with van der Waals surface area (Å²) >= 11 is 2.99. The standard InChI is InChI=1S/C12H14BrFO4/c1-2-18-12(17)8(6-15)11(16)7-3-4-9(13)10(14)5-7/h3-5,8,11,15-16H,2,6H2,1H3. The smallest absolute Gasteiger partial charge is 0.314 e. The van der Waals surface area contributed by atoms with Gasteiger partial charge in [-0.1, -0.05) is 6.07 Å². The fraction of sp³-hybridized carbons (Fsp3) is 0.417. The average Bonchev–Trinajstić information content (AvgIpc) is 2.33. The van der Waals surface area contributed by atoms with Crippen molar-refractivity contribution in [2.24, 2.45) is 5.92 Å². The second-order valence-corrected chi connectivity index (χ2v) is 4.51. The van der Waals surface area contributed by atoms with Crippen molar-refractivity contribution in [2.75, 3.05) is 13.2 Å². The van der Waals surface area contributed by atoms with Crippen LogP contribution in [0.25, 0.3) is 0 Å². The van der Waals surface area contributed by atoms with Crippen LogP contribution < -0.4 is 0 Å². The molecule has 0 fully saturated rings. The summed E-state index contributed by atoms with van der Waals surface area (Å²) in [6.07, 6.45) is -1.31. The molecule has 100 valence electrons. The van der Waals surface area contributed by atoms with E-state index in [4.69, 9.17) is 9.84 Å². The first-order valence-corrected chi connectivity index (χ1v) is 6.21. The third kappa shape index (κ3) is 3.51. The summed E-state index contributed by atoms with van der Waals surface area (Å²) in [5, 5.41) is 19.1. The lowest BCUT2D eigenvalue weighted by Gasteiger charge is -2.19. The van der Waals surface area contributed by atoms with E-state index >= 15 is 0 Å². The Morgan fingerprint density at radius 1 is 1.56 bits per heavy atom. The molecule has 0 heterocycles. The van der Waals surface area contributed by atoms with Crippen LogP contribution in [-0.2, 0) is 9.53 Å². The number of aliphatic hydroxyl groups excluding tert-OH is 2. The molecule has 0 aliphatic heterocycles. The van der Waals surface area contributed by atoms with Gasteiger partial charge in [-0.15, -0.1) is 0 Å². The molecule has 1 rings (SSSR count). The maximum atomic E-state index is 13.3. The number of benzene rings is 1. The van der Waals surface area contributed by atoms with Crippen molar-refractivity contribution in [3.8, 4) is 0 Å². The topological polar surface area (TPSA) is 66.8 Å². The molecule has 0 radical (unpaired) electrons. The van der Waals surface area contributed by atoms with Crippen molar-refractivity contribution >= 4 is 21.9 Å². The normalized spacial score (nSPS) is 14.1. The number of esters is 1. The Balaban J connectivity index is 2.92. The third-order valence-corrected chi connectivity index (χ3v) is 3.10. The van der Waals surface area contributed by atoms with E-state index in [1.165, 1.54) is 12.1 Å². The molecule has 0 aliphatic rings. The predicted molar refractivity (Wildman–Crippen MR) is 66.3 cm³/mol. The number of carbonyl (C=O) groups excluding carboxylic acids is 1. The van der Waals surface area contributed by atoms with Crippen molar-refractivity contribution in [2.45, 2.75) is 13.0 Å². The zero-order chi connectivity index (χ0) is 13.7. The number of aliphatic hydroxyl groups is 2. The van der Waals surface area contributed by atoms with Crippen molar-refractivity contribution in [1.29, 1.82) is 0 Å². The maximum absolute atomic E-state index is 13.3. The highest BCUT2D eigenvalue weighted by atomic mass is 79.9. The lowest BCUT2D eigenvalue weighted by Crippen LogP contribution is -2.27. The number of hydrogen-bond donors (Lipinski definition) is 2. The van der Waals surface area contributed by atoms with E-state index in [2.05, 4.69) is 15.9 Å². The van der Waals surface area contributed by atoms with Gasteiger partial charge in [-0.3, -0.25) is 4.79 Å². The molecule has 0 aromatic heterocycles. The lowest BCUT2D eigenvalue weighted by atomic mass is 9.96. The minimum absolute atomic E-state index is 0.150. The molecule has 2 atom stereocenters. The van der Waals surface area contributed by atoms with Crippen molar-refractivity contribution in [3.63, 3.8) is 0 Å². The Morgan fingerprint density at radius 3 is 2.72 bits per heavy atom. The summed E-state index contributed by atoms with van der Waals surface area (Å²) in [6.45, 7) is 1.20. The molecular formula is C12H14BrFO4. The van der Waals surface area contributed by atoms with Crippen molar-refractivity contribution < 1.29 is 24.1 Å². The van der Waals surface area contributed by atoms with E-state index in [0.717, 1.165) is 6.07 Å². The Morgan fingerprint density at radius 2 is 2.22 bits per heavy atom. The summed E-state index contributed by atoms with van der Waals surface area (Å²) in [5.74, 6) is -2.38. The van der Waals surface area contributed by atoms with Crippen molar-refractivity contribution in [1.82, 2.24) is 0 Å². The quantitative estimate of drug-likeness (QED) is 0.812. The van der Waals surface area contributed by atoms with Crippen LogP contribution in [0.2, 0.25) is 0 Å². The second-order valence-electron chi connectivity index (χ2n) is 3.66. The van der Waals surface area contributed by atoms with Gasteiger partial charge in [0.15, 0.2) is 0 Å². The molecule has 1 aromatic rings. The van der Waals surface area contributed by atoms with E-state index in [9.17, 15) is 14.3 Å². The molecule has 6 heteroatoms. The van der Waals surface area contributed by atoms with Crippen LogP contribution >= 0.6 is 15.9 Å². The minimum atomic E-state index is -1.31. The molecule has 0 spiro atoms. The van der Waals surface area contributed by atoms with E-state index in [0.29, 0.717) is 0 Å². The maximum Gasteiger partial charge on any atom is 0.314 e. The highest BCUT2D eigenvalue weighted by molar-refractivity contribution is 9.10. The third-order valence-electron chi connectivity index (χ3n) is 2.45. The van der Waals surface area contributed by atoms with Gasteiger partial charge in [0.2, 0.25) is 0 Å². The summed E-state index contributed by atoms with van der Waals surface area (Å²) in [5.41, 5.74) is 0.211. The Kier molecular flexibility index (Phi) is 5.71. The molecule has 1 aromatic carbocycles. The number of halogens is 2. The second kappa shape index (κ2) is 6.82. The van der Waals surface area contributed by atoms with Crippen LogP contribution in [0.5, 0.6) is 0 Å². The first-order chi connectivity index (χ1) is 8.51. The highest BCUT2D eigenvalue weighted by Crippen LogP contribution is 2.26. The zero-order valence-electron chi connectivity index (χ0n) is 9.77. The lowest BCUT2D eigenvalue weighted by molar-refractivity contribution is -0.154. The number of hydrogen-bond acceptors (Lipinski definition) is 4. The van der Waals surface area contributed by atoms with Gasteiger partial charge < -0.3 is 14.9 Å². The van der Waals surface area contributed by atoms with Crippen LogP contribution in [0, 0.1) is 11.7 Å². The van der Waals surface area contributed by atoms with Gasteiger partial charge in [-0.2, -0.15) is 0 Å². The fourth-order valence-electron chi connectivity index (χ4n) is 1.48. The molecule has 0 saturated carbocycles. The van der Waals surface area contributed by atoms with Gasteiger partial charge in [-0.25, -0.2) is 4.39 Å². The number of ether oxygens (including phenoxy) is 1. The molecule has 0 aliphatic carbocycles. The van der Waals surface area contributed by atoms with Crippen LogP contribution in [0.3, 0.4) is 0 Å². The molecule has 18 heavy (non-hydrogen) atoms. The van der Waals surface area contributed by atoms with E-state index in [1.807, 2.05) is 0 Å². The van der Waals surface area contributed by atoms with Gasteiger partial charge in [-0.05, 0) is 40.5 Å². The van der Waals surface area contributed by atoms with Crippen LogP contribution in [0.1, 0.15) is 18.6 Å². The summed E-state index contributed by atoms with van der Waals surface area (Å²) in [6, 6.07) is 4.00. The van der Waals surface area contributed by atoms with Gasteiger partial charge in [0.1, 0.15) is 11.7 Å². The average molecular weight is 321 g/mol. The van der Waals surface area contributed by atoms with Gasteiger partial charge in [0.25, 0.3) is 0 Å². The van der Waals surface area contributed by atoms with Gasteiger partial charge >= 0.3 is 5.97 Å². The zero-order valence-corrected chi connectivity index (χ0v) is 11.4. The first-order valence-electron chi connectivity index (χ1n) is 5.41. The molecule has 4 nitrogen and oxygen atoms in total. The molecule has 0 saturated heterocycles. The summed E-state index contributed by atoms with van der Waals surface area (Å²) in [4.78, 5) is 11.5. The molecular weight excluding hydrogens is 307 g/mol. The largest absolute Gasteiger partial charge is 0.466 e. The van der Waals surface area contributed by atoms with Crippen LogP contribution in [0.15, 0.2) is 22.7 Å². The van der Waals surface area contributed by atoms with Crippen LogP contribution in [0.4, 0.5) is 4.39 Å². The van der Waals surface area contributed by atoms with Crippen molar-refractivity contribution in [3.05, 3.63) is 34.1 Å². The first kappa shape index (κ1) is 15.1. The molecule has 2 unspecified atom stereocenters. The Labute approximate surface area is 113 Å². The van der Waals surface area contributed by atoms with Gasteiger partial charge in [0.05, 0.1) is 23.8 Å². The molecule has 0 bridgehead atoms. The monoisotopic (exact) mass is 320 g/mol. The SMILES string of the molecule is CCOC(=O)C(CO)C(O)c1ccc(Br)c(F)c1. The van der Waals surface area contributed by atoms with E-state index in [1.54, 1.807) is 6.92 Å². The summed E-state index contributed by atoms with van der Waals surface area (Å²) < 4.78 is 18.3. The summed E-state index contributed by atoms with van der Waals surface area (Å²) in [7, 11) is 0. The number of rotatable bonds is 5. The minimum Gasteiger partial charge on any atom is -0.466 e. The highest BCUT2D eigenvalue weighted by Gasteiger charge is 2.29. The van der Waals surface area contributed by atoms with Crippen LogP contribution in [-0.4, -0.2) is 29.4 Å².